The molecule has 12 heavy (non-hydrogen) atoms. The predicted molar refractivity (Wildman–Crippen MR) is 57.0 cm³/mol. The molecule has 0 saturated carbocycles. The van der Waals surface area contributed by atoms with Gasteiger partial charge in [0.05, 0.1) is 6.20 Å². The van der Waals surface area contributed by atoms with Crippen molar-refractivity contribution in [2.75, 3.05) is 11.1 Å². The van der Waals surface area contributed by atoms with E-state index < -0.39 is 0 Å². The molecule has 0 radical (unpaired) electrons. The van der Waals surface area contributed by atoms with E-state index in [1.165, 1.54) is 23.5 Å². The Bertz CT molecular complexity index is 225. The highest BCUT2D eigenvalue weighted by Gasteiger charge is 1.95. The molecule has 0 aliphatic carbocycles. The average molecular weight is 249 g/mol. The molecule has 2 nitrogen and oxygen atoms in total. The van der Waals surface area contributed by atoms with Gasteiger partial charge in [0.2, 0.25) is 0 Å². The molecule has 0 N–H and O–H groups in total. The molecule has 0 aromatic carbocycles. The fraction of sp³-hybridized carbons (Fsp3) is 0.625. The molecule has 68 valence electrons. The first-order valence-electron chi connectivity index (χ1n) is 4.00. The van der Waals surface area contributed by atoms with Crippen molar-refractivity contribution >= 4 is 27.7 Å². The summed E-state index contributed by atoms with van der Waals surface area (Å²) in [7, 11) is 1.95. The lowest BCUT2D eigenvalue weighted by Gasteiger charge is -1.95. The lowest BCUT2D eigenvalue weighted by atomic mass is 10.4. The smallest absolute Gasteiger partial charge is 0.0625 e. The average Bonchev–Trinajstić information content (AvgIpc) is 2.45. The quantitative estimate of drug-likeness (QED) is 0.453. The maximum absolute atomic E-state index is 4.10. The number of alkyl halides is 1. The maximum atomic E-state index is 4.10. The van der Waals surface area contributed by atoms with Gasteiger partial charge in [-0.25, -0.2) is 0 Å². The Morgan fingerprint density at radius 1 is 1.58 bits per heavy atom. The summed E-state index contributed by atoms with van der Waals surface area (Å²) in [5.41, 5.74) is 0. The van der Waals surface area contributed by atoms with Gasteiger partial charge in [0.25, 0.3) is 0 Å². The Labute approximate surface area is 85.9 Å². The van der Waals surface area contributed by atoms with Crippen molar-refractivity contribution in [3.8, 4) is 0 Å². The molecule has 0 bridgehead atoms. The number of hydrogen-bond donors (Lipinski definition) is 0. The zero-order chi connectivity index (χ0) is 8.81. The molecule has 0 saturated heterocycles. The van der Waals surface area contributed by atoms with Gasteiger partial charge in [-0.1, -0.05) is 15.9 Å². The molecule has 4 heteroatoms. The number of unbranched alkanes of at least 4 members (excludes halogenated alkanes) is 1. The highest BCUT2D eigenvalue weighted by Crippen LogP contribution is 2.17. The maximum Gasteiger partial charge on any atom is 0.0625 e. The van der Waals surface area contributed by atoms with Gasteiger partial charge in [-0.3, -0.25) is 4.68 Å². The molecule has 0 amide bonds. The molecule has 1 aromatic rings. The molecule has 0 spiro atoms. The molecule has 0 fully saturated rings. The van der Waals surface area contributed by atoms with Gasteiger partial charge < -0.3 is 0 Å². The van der Waals surface area contributed by atoms with E-state index in [1.54, 1.807) is 0 Å². The third-order valence-electron chi connectivity index (χ3n) is 1.48. The first-order valence-corrected chi connectivity index (χ1v) is 6.11. The van der Waals surface area contributed by atoms with Crippen LogP contribution in [-0.4, -0.2) is 20.9 Å². The predicted octanol–water partition coefficient (Wildman–Crippen LogP) is 2.69. The van der Waals surface area contributed by atoms with Crippen LogP contribution in [0.25, 0.3) is 0 Å². The monoisotopic (exact) mass is 248 g/mol. The Morgan fingerprint density at radius 2 is 2.42 bits per heavy atom. The Hall–Kier alpha value is 0.0400. The van der Waals surface area contributed by atoms with Crippen molar-refractivity contribution in [1.29, 1.82) is 0 Å². The van der Waals surface area contributed by atoms with Gasteiger partial charge in [0, 0.05) is 23.5 Å². The molecule has 1 aromatic heterocycles. The van der Waals surface area contributed by atoms with Crippen LogP contribution in [0.1, 0.15) is 12.8 Å². The van der Waals surface area contributed by atoms with E-state index in [-0.39, 0.29) is 0 Å². The number of rotatable bonds is 5. The van der Waals surface area contributed by atoms with Gasteiger partial charge in [-0.05, 0) is 18.6 Å². The number of aryl methyl sites for hydroxylation is 1. The first kappa shape index (κ1) is 10.1. The van der Waals surface area contributed by atoms with E-state index in [1.807, 2.05) is 29.7 Å². The molecule has 0 aliphatic rings. The standard InChI is InChI=1S/C8H13BrN2S/c1-11-7-8(6-10-11)12-5-3-2-4-9/h6-7H,2-5H2,1H3. The molecular weight excluding hydrogens is 236 g/mol. The van der Waals surface area contributed by atoms with Crippen molar-refractivity contribution in [1.82, 2.24) is 9.78 Å². The summed E-state index contributed by atoms with van der Waals surface area (Å²) in [6.45, 7) is 0. The summed E-state index contributed by atoms with van der Waals surface area (Å²) < 4.78 is 1.84. The fourth-order valence-corrected chi connectivity index (χ4v) is 2.19. The van der Waals surface area contributed by atoms with Crippen LogP contribution in [0.15, 0.2) is 17.3 Å². The van der Waals surface area contributed by atoms with Crippen LogP contribution in [0, 0.1) is 0 Å². The zero-order valence-corrected chi connectivity index (χ0v) is 9.57. The van der Waals surface area contributed by atoms with Crippen LogP contribution in [0.4, 0.5) is 0 Å². The van der Waals surface area contributed by atoms with Gasteiger partial charge in [-0.15, -0.1) is 11.8 Å². The summed E-state index contributed by atoms with van der Waals surface area (Å²) >= 11 is 5.29. The number of aromatic nitrogens is 2. The zero-order valence-electron chi connectivity index (χ0n) is 7.16. The summed E-state index contributed by atoms with van der Waals surface area (Å²) in [5, 5.41) is 5.21. The van der Waals surface area contributed by atoms with Gasteiger partial charge in [0.15, 0.2) is 0 Å². The van der Waals surface area contributed by atoms with E-state index in [9.17, 15) is 0 Å². The molecule has 0 aliphatic heterocycles. The lowest BCUT2D eigenvalue weighted by molar-refractivity contribution is 0.766. The second-order valence-corrected chi connectivity index (χ2v) is 4.56. The molecular formula is C8H13BrN2S. The number of halogens is 1. The Morgan fingerprint density at radius 3 is 3.00 bits per heavy atom. The second-order valence-electron chi connectivity index (χ2n) is 2.59. The molecule has 0 unspecified atom stereocenters. The summed E-state index contributed by atoms with van der Waals surface area (Å²) in [6.07, 6.45) is 6.50. The van der Waals surface area contributed by atoms with E-state index in [0.29, 0.717) is 0 Å². The van der Waals surface area contributed by atoms with Crippen molar-refractivity contribution in [2.45, 2.75) is 17.7 Å². The van der Waals surface area contributed by atoms with Crippen LogP contribution in [-0.2, 0) is 7.05 Å². The second kappa shape index (κ2) is 5.65. The lowest BCUT2D eigenvalue weighted by Crippen LogP contribution is -1.84. The molecule has 0 atom stereocenters. The third kappa shape index (κ3) is 3.63. The van der Waals surface area contributed by atoms with Crippen molar-refractivity contribution in [3.05, 3.63) is 12.4 Å². The van der Waals surface area contributed by atoms with Crippen LogP contribution < -0.4 is 0 Å². The van der Waals surface area contributed by atoms with Crippen LogP contribution in [0.5, 0.6) is 0 Å². The van der Waals surface area contributed by atoms with Gasteiger partial charge in [0.1, 0.15) is 0 Å². The summed E-state index contributed by atoms with van der Waals surface area (Å²) in [4.78, 5) is 1.27. The Kier molecular flexibility index (Phi) is 4.76. The van der Waals surface area contributed by atoms with Crippen LogP contribution in [0.2, 0.25) is 0 Å². The summed E-state index contributed by atoms with van der Waals surface area (Å²) in [6, 6.07) is 0. The molecule has 1 heterocycles. The van der Waals surface area contributed by atoms with E-state index in [2.05, 4.69) is 27.2 Å². The SMILES string of the molecule is Cn1cc(SCCCCBr)cn1. The van der Waals surface area contributed by atoms with Crippen molar-refractivity contribution in [3.63, 3.8) is 0 Å². The largest absolute Gasteiger partial charge is 0.275 e. The minimum absolute atomic E-state index is 1.11. The number of nitrogens with zero attached hydrogens (tertiary/aromatic N) is 2. The van der Waals surface area contributed by atoms with Crippen LogP contribution in [0.3, 0.4) is 0 Å². The van der Waals surface area contributed by atoms with E-state index >= 15 is 0 Å². The van der Waals surface area contributed by atoms with Gasteiger partial charge in [-0.2, -0.15) is 5.10 Å². The minimum atomic E-state index is 1.11. The fourth-order valence-electron chi connectivity index (χ4n) is 0.860. The molecule has 1 rings (SSSR count). The first-order chi connectivity index (χ1) is 5.83. The highest BCUT2D eigenvalue weighted by atomic mass is 79.9. The van der Waals surface area contributed by atoms with Crippen molar-refractivity contribution in [2.24, 2.45) is 7.05 Å². The van der Waals surface area contributed by atoms with Crippen LogP contribution >= 0.6 is 27.7 Å². The number of hydrogen-bond acceptors (Lipinski definition) is 2. The van der Waals surface area contributed by atoms with E-state index in [0.717, 1.165) is 5.33 Å². The summed E-state index contributed by atoms with van der Waals surface area (Å²) in [5.74, 6) is 1.19. The van der Waals surface area contributed by atoms with E-state index in [4.69, 9.17) is 0 Å². The third-order valence-corrected chi connectivity index (χ3v) is 3.08. The highest BCUT2D eigenvalue weighted by molar-refractivity contribution is 9.09. The topological polar surface area (TPSA) is 17.8 Å². The van der Waals surface area contributed by atoms with Gasteiger partial charge >= 0.3 is 0 Å². The normalized spacial score (nSPS) is 10.5. The minimum Gasteiger partial charge on any atom is -0.275 e. The Balaban J connectivity index is 2.15. The van der Waals surface area contributed by atoms with Crippen molar-refractivity contribution < 1.29 is 0 Å². The number of thioether (sulfide) groups is 1.